The van der Waals surface area contributed by atoms with E-state index in [1.54, 1.807) is 0 Å². The molecule has 164 valence electrons. The SMILES string of the molecule is CCCCC(C)(C)c1cc(Nc2ccc3c(c2)C(C)(C)CCC3(C)C)ccc1CC. The highest BCUT2D eigenvalue weighted by Crippen LogP contribution is 2.46. The van der Waals surface area contributed by atoms with E-state index in [0.29, 0.717) is 0 Å². The molecule has 0 heterocycles. The van der Waals surface area contributed by atoms with E-state index in [1.165, 1.54) is 65.7 Å². The average molecular weight is 406 g/mol. The summed E-state index contributed by atoms with van der Waals surface area (Å²) in [5.41, 5.74) is 9.15. The fourth-order valence-corrected chi connectivity index (χ4v) is 5.18. The molecule has 0 unspecified atom stereocenters. The maximum absolute atomic E-state index is 3.74. The molecular weight excluding hydrogens is 362 g/mol. The van der Waals surface area contributed by atoms with Crippen LogP contribution in [0, 0.1) is 0 Å². The molecule has 0 bridgehead atoms. The Morgan fingerprint density at radius 3 is 2.07 bits per heavy atom. The average Bonchev–Trinajstić information content (AvgIpc) is 2.70. The Morgan fingerprint density at radius 1 is 0.833 bits per heavy atom. The van der Waals surface area contributed by atoms with Crippen LogP contribution in [0.1, 0.15) is 110 Å². The van der Waals surface area contributed by atoms with Crippen molar-refractivity contribution in [2.75, 3.05) is 5.32 Å². The van der Waals surface area contributed by atoms with Gasteiger partial charge in [-0.25, -0.2) is 0 Å². The van der Waals surface area contributed by atoms with E-state index >= 15 is 0 Å². The first-order chi connectivity index (χ1) is 14.0. The molecule has 3 rings (SSSR count). The maximum Gasteiger partial charge on any atom is 0.0387 e. The number of rotatable bonds is 7. The number of benzene rings is 2. The fraction of sp³-hybridized carbons (Fsp3) is 0.586. The lowest BCUT2D eigenvalue weighted by Gasteiger charge is -2.42. The molecule has 1 heteroatoms. The molecule has 1 N–H and O–H groups in total. The van der Waals surface area contributed by atoms with Gasteiger partial charge in [-0.1, -0.05) is 80.4 Å². The van der Waals surface area contributed by atoms with Crippen LogP contribution in [0.3, 0.4) is 0 Å². The molecule has 2 aromatic carbocycles. The lowest BCUT2D eigenvalue weighted by molar-refractivity contribution is 0.332. The summed E-state index contributed by atoms with van der Waals surface area (Å²) >= 11 is 0. The van der Waals surface area contributed by atoms with Crippen LogP contribution >= 0.6 is 0 Å². The molecular formula is C29H43N. The number of unbranched alkanes of at least 4 members (excludes halogenated alkanes) is 1. The van der Waals surface area contributed by atoms with E-state index in [2.05, 4.69) is 97.1 Å². The molecule has 0 spiro atoms. The summed E-state index contributed by atoms with van der Waals surface area (Å²) in [6.45, 7) is 19.0. The van der Waals surface area contributed by atoms with Crippen LogP contribution < -0.4 is 5.32 Å². The van der Waals surface area contributed by atoms with Gasteiger partial charge in [0.1, 0.15) is 0 Å². The molecule has 0 amide bonds. The Kier molecular flexibility index (Phi) is 6.42. The van der Waals surface area contributed by atoms with Crippen molar-refractivity contribution < 1.29 is 0 Å². The van der Waals surface area contributed by atoms with E-state index in [0.717, 1.165) is 6.42 Å². The van der Waals surface area contributed by atoms with Gasteiger partial charge in [-0.05, 0) is 88.4 Å². The third-order valence-corrected chi connectivity index (χ3v) is 7.52. The lowest BCUT2D eigenvalue weighted by Crippen LogP contribution is -2.33. The Labute approximate surface area is 185 Å². The zero-order valence-corrected chi connectivity index (χ0v) is 20.7. The number of nitrogens with one attached hydrogen (secondary N) is 1. The molecule has 0 aromatic heterocycles. The van der Waals surface area contributed by atoms with E-state index in [1.807, 2.05) is 0 Å². The third kappa shape index (κ3) is 4.61. The number of hydrogen-bond acceptors (Lipinski definition) is 1. The number of hydrogen-bond donors (Lipinski definition) is 1. The quantitative estimate of drug-likeness (QED) is 0.485. The van der Waals surface area contributed by atoms with E-state index in [9.17, 15) is 0 Å². The first-order valence-electron chi connectivity index (χ1n) is 12.1. The summed E-state index contributed by atoms with van der Waals surface area (Å²) in [7, 11) is 0. The molecule has 0 saturated carbocycles. The lowest BCUT2D eigenvalue weighted by atomic mass is 9.63. The number of aryl methyl sites for hydroxylation is 1. The van der Waals surface area contributed by atoms with E-state index < -0.39 is 0 Å². The Balaban J connectivity index is 1.95. The van der Waals surface area contributed by atoms with Crippen molar-refractivity contribution in [1.29, 1.82) is 0 Å². The van der Waals surface area contributed by atoms with Crippen molar-refractivity contribution in [2.24, 2.45) is 0 Å². The smallest absolute Gasteiger partial charge is 0.0387 e. The molecule has 30 heavy (non-hydrogen) atoms. The van der Waals surface area contributed by atoms with Crippen LogP contribution in [0.2, 0.25) is 0 Å². The van der Waals surface area contributed by atoms with Gasteiger partial charge in [0.15, 0.2) is 0 Å². The summed E-state index contributed by atoms with van der Waals surface area (Å²) < 4.78 is 0. The topological polar surface area (TPSA) is 12.0 Å². The predicted octanol–water partition coefficient (Wildman–Crippen LogP) is 8.81. The predicted molar refractivity (Wildman–Crippen MR) is 133 cm³/mol. The molecule has 0 radical (unpaired) electrons. The number of fused-ring (bicyclic) bond motifs is 1. The highest BCUT2D eigenvalue weighted by molar-refractivity contribution is 5.64. The van der Waals surface area contributed by atoms with Crippen LogP contribution in [-0.2, 0) is 22.7 Å². The van der Waals surface area contributed by atoms with E-state index in [-0.39, 0.29) is 16.2 Å². The van der Waals surface area contributed by atoms with Crippen molar-refractivity contribution in [2.45, 2.75) is 110 Å². The van der Waals surface area contributed by atoms with Gasteiger partial charge in [0.05, 0.1) is 0 Å². The van der Waals surface area contributed by atoms with Gasteiger partial charge >= 0.3 is 0 Å². The van der Waals surface area contributed by atoms with Gasteiger partial charge < -0.3 is 5.32 Å². The summed E-state index contributed by atoms with van der Waals surface area (Å²) in [4.78, 5) is 0. The minimum atomic E-state index is 0.209. The zero-order valence-electron chi connectivity index (χ0n) is 20.7. The summed E-state index contributed by atoms with van der Waals surface area (Å²) in [5, 5.41) is 3.74. The molecule has 0 saturated heterocycles. The first kappa shape index (κ1) is 22.9. The highest BCUT2D eigenvalue weighted by Gasteiger charge is 2.37. The van der Waals surface area contributed by atoms with Gasteiger partial charge in [-0.3, -0.25) is 0 Å². The second kappa shape index (κ2) is 8.40. The zero-order chi connectivity index (χ0) is 22.2. The Morgan fingerprint density at radius 2 is 1.43 bits per heavy atom. The van der Waals surface area contributed by atoms with Crippen molar-refractivity contribution in [3.63, 3.8) is 0 Å². The van der Waals surface area contributed by atoms with Crippen molar-refractivity contribution in [3.8, 4) is 0 Å². The largest absolute Gasteiger partial charge is 0.356 e. The highest BCUT2D eigenvalue weighted by atomic mass is 14.9. The standard InChI is InChI=1S/C29H43N/c1-9-11-16-27(3,4)25-19-22(13-12-21(25)10-2)30-23-14-15-24-26(20-23)29(7,8)18-17-28(24,5)6/h12-15,19-20,30H,9-11,16-18H2,1-8H3. The summed E-state index contributed by atoms with van der Waals surface area (Å²) in [6.07, 6.45) is 7.37. The first-order valence-corrected chi connectivity index (χ1v) is 12.1. The van der Waals surface area contributed by atoms with Crippen LogP contribution in [0.25, 0.3) is 0 Å². The summed E-state index contributed by atoms with van der Waals surface area (Å²) in [6, 6.07) is 14.0. The minimum Gasteiger partial charge on any atom is -0.356 e. The molecule has 1 nitrogen and oxygen atoms in total. The molecule has 1 aliphatic carbocycles. The normalized spacial score (nSPS) is 17.5. The van der Waals surface area contributed by atoms with Crippen LogP contribution in [-0.4, -0.2) is 0 Å². The van der Waals surface area contributed by atoms with Crippen molar-refractivity contribution in [3.05, 3.63) is 58.7 Å². The van der Waals surface area contributed by atoms with Crippen molar-refractivity contribution >= 4 is 11.4 Å². The van der Waals surface area contributed by atoms with Crippen LogP contribution in [0.5, 0.6) is 0 Å². The third-order valence-electron chi connectivity index (χ3n) is 7.52. The maximum atomic E-state index is 3.74. The van der Waals surface area contributed by atoms with Gasteiger partial charge in [0, 0.05) is 11.4 Å². The fourth-order valence-electron chi connectivity index (χ4n) is 5.18. The minimum absolute atomic E-state index is 0.209. The molecule has 0 aliphatic heterocycles. The van der Waals surface area contributed by atoms with Gasteiger partial charge in [0.25, 0.3) is 0 Å². The van der Waals surface area contributed by atoms with Gasteiger partial charge in [0.2, 0.25) is 0 Å². The second-order valence-electron chi connectivity index (χ2n) is 11.4. The van der Waals surface area contributed by atoms with Crippen molar-refractivity contribution in [1.82, 2.24) is 0 Å². The number of anilines is 2. The van der Waals surface area contributed by atoms with Crippen LogP contribution in [0.4, 0.5) is 11.4 Å². The summed E-state index contributed by atoms with van der Waals surface area (Å²) in [5.74, 6) is 0. The van der Waals surface area contributed by atoms with E-state index in [4.69, 9.17) is 0 Å². The molecule has 0 fully saturated rings. The Hall–Kier alpha value is -1.76. The monoisotopic (exact) mass is 405 g/mol. The second-order valence-corrected chi connectivity index (χ2v) is 11.4. The molecule has 2 aromatic rings. The Bertz CT molecular complexity index is 885. The van der Waals surface area contributed by atoms with Crippen LogP contribution in [0.15, 0.2) is 36.4 Å². The molecule has 0 atom stereocenters. The van der Waals surface area contributed by atoms with Gasteiger partial charge in [-0.15, -0.1) is 0 Å². The van der Waals surface area contributed by atoms with Gasteiger partial charge in [-0.2, -0.15) is 0 Å². The molecule has 1 aliphatic rings.